The first kappa shape index (κ1) is 15.2. The Hall–Kier alpha value is -2.24. The van der Waals surface area contributed by atoms with E-state index in [0.29, 0.717) is 19.3 Å². The van der Waals surface area contributed by atoms with Gasteiger partial charge in [0.25, 0.3) is 5.91 Å². The summed E-state index contributed by atoms with van der Waals surface area (Å²) in [5.74, 6) is -2.34. The summed E-state index contributed by atoms with van der Waals surface area (Å²) in [4.78, 5) is 35.1. The highest BCUT2D eigenvalue weighted by atomic mass is 19.1. The highest BCUT2D eigenvalue weighted by molar-refractivity contribution is 5.97. The number of nitrogens with two attached hydrogens (primary N) is 1. The molecule has 0 unspecified atom stereocenters. The normalized spacial score (nSPS) is 19.9. The minimum atomic E-state index is -0.957. The summed E-state index contributed by atoms with van der Waals surface area (Å²) in [6, 6.07) is 4.53. The third-order valence-electron chi connectivity index (χ3n) is 3.70. The fourth-order valence-corrected chi connectivity index (χ4v) is 2.63. The van der Waals surface area contributed by atoms with Crippen LogP contribution in [0, 0.1) is 11.7 Å². The second-order valence-electron chi connectivity index (χ2n) is 5.23. The molecule has 2 atom stereocenters. The first-order valence-corrected chi connectivity index (χ1v) is 6.85. The van der Waals surface area contributed by atoms with Gasteiger partial charge in [0.1, 0.15) is 17.6 Å². The lowest BCUT2D eigenvalue weighted by Gasteiger charge is -2.28. The maximum absolute atomic E-state index is 13.6. The summed E-state index contributed by atoms with van der Waals surface area (Å²) in [5.41, 5.74) is 5.17. The monoisotopic (exact) mass is 292 g/mol. The lowest BCUT2D eigenvalue weighted by atomic mass is 9.82. The molecule has 0 bridgehead atoms. The fourth-order valence-electron chi connectivity index (χ4n) is 2.63. The van der Waals surface area contributed by atoms with E-state index in [2.05, 4.69) is 5.32 Å². The quantitative estimate of drug-likeness (QED) is 0.873. The van der Waals surface area contributed by atoms with Crippen molar-refractivity contribution in [3.05, 3.63) is 35.6 Å². The van der Waals surface area contributed by atoms with Gasteiger partial charge in [0, 0.05) is 12.8 Å². The van der Waals surface area contributed by atoms with Crippen LogP contribution in [0.5, 0.6) is 0 Å². The van der Waals surface area contributed by atoms with Crippen molar-refractivity contribution in [1.29, 1.82) is 0 Å². The zero-order chi connectivity index (χ0) is 15.4. The van der Waals surface area contributed by atoms with Gasteiger partial charge in [-0.3, -0.25) is 14.4 Å². The van der Waals surface area contributed by atoms with E-state index < -0.39 is 23.7 Å². The molecule has 1 aliphatic carbocycles. The van der Waals surface area contributed by atoms with Crippen LogP contribution in [0.3, 0.4) is 0 Å². The summed E-state index contributed by atoms with van der Waals surface area (Å²) in [6.07, 6.45) is 2.01. The Morgan fingerprint density at radius 2 is 2.05 bits per heavy atom. The Kier molecular flexibility index (Phi) is 4.67. The first-order chi connectivity index (χ1) is 9.99. The molecule has 1 fully saturated rings. The van der Waals surface area contributed by atoms with Crippen LogP contribution in [0.2, 0.25) is 0 Å². The van der Waals surface area contributed by atoms with Gasteiger partial charge >= 0.3 is 0 Å². The summed E-state index contributed by atoms with van der Waals surface area (Å²) >= 11 is 0. The van der Waals surface area contributed by atoms with Crippen LogP contribution >= 0.6 is 0 Å². The van der Waals surface area contributed by atoms with Crippen molar-refractivity contribution in [2.75, 3.05) is 0 Å². The van der Waals surface area contributed by atoms with Crippen LogP contribution in [0.25, 0.3) is 0 Å². The molecular weight excluding hydrogens is 275 g/mol. The van der Waals surface area contributed by atoms with Gasteiger partial charge in [-0.05, 0) is 30.9 Å². The van der Waals surface area contributed by atoms with E-state index in [0.717, 1.165) is 0 Å². The number of primary amides is 1. The number of amides is 2. The first-order valence-electron chi connectivity index (χ1n) is 6.85. The molecule has 112 valence electrons. The number of nitrogens with one attached hydrogen (secondary N) is 1. The van der Waals surface area contributed by atoms with Crippen LogP contribution < -0.4 is 11.1 Å². The number of ketones is 1. The minimum absolute atomic E-state index is 0.0534. The Labute approximate surface area is 121 Å². The fraction of sp³-hybridized carbons (Fsp3) is 0.400. The van der Waals surface area contributed by atoms with Gasteiger partial charge in [0.2, 0.25) is 5.91 Å². The Bertz CT molecular complexity index is 574. The van der Waals surface area contributed by atoms with Gasteiger partial charge in [-0.2, -0.15) is 0 Å². The summed E-state index contributed by atoms with van der Waals surface area (Å²) in [7, 11) is 0. The molecule has 2 rings (SSSR count). The van der Waals surface area contributed by atoms with Crippen LogP contribution in [-0.2, 0) is 9.59 Å². The number of hydrogen-bond donors (Lipinski definition) is 2. The van der Waals surface area contributed by atoms with Crippen LogP contribution in [-0.4, -0.2) is 23.6 Å². The molecule has 1 aromatic carbocycles. The Morgan fingerprint density at radius 1 is 1.33 bits per heavy atom. The largest absolute Gasteiger partial charge is 0.368 e. The molecule has 0 aliphatic heterocycles. The van der Waals surface area contributed by atoms with E-state index in [1.165, 1.54) is 24.3 Å². The van der Waals surface area contributed by atoms with Crippen molar-refractivity contribution < 1.29 is 18.8 Å². The SMILES string of the molecule is NC(=O)[C@H](NC(=O)c1ccccc1F)[C@H]1CCCC(=O)C1. The highest BCUT2D eigenvalue weighted by Gasteiger charge is 2.32. The third kappa shape index (κ3) is 3.65. The van der Waals surface area contributed by atoms with Crippen molar-refractivity contribution in [1.82, 2.24) is 5.32 Å². The molecule has 1 aromatic rings. The Balaban J connectivity index is 2.13. The molecule has 1 aliphatic rings. The molecule has 0 heterocycles. The number of carbonyl (C=O) groups excluding carboxylic acids is 3. The maximum Gasteiger partial charge on any atom is 0.254 e. The molecule has 0 aromatic heterocycles. The maximum atomic E-state index is 13.6. The average molecular weight is 292 g/mol. The van der Waals surface area contributed by atoms with Crippen LogP contribution in [0.15, 0.2) is 24.3 Å². The highest BCUT2D eigenvalue weighted by Crippen LogP contribution is 2.24. The number of Topliss-reactive ketones (excluding diaryl/α,β-unsaturated/α-hetero) is 1. The van der Waals surface area contributed by atoms with Gasteiger partial charge in [0.05, 0.1) is 5.56 Å². The number of halogens is 1. The molecule has 0 radical (unpaired) electrons. The smallest absolute Gasteiger partial charge is 0.254 e. The van der Waals surface area contributed by atoms with Crippen molar-refractivity contribution in [2.45, 2.75) is 31.7 Å². The number of rotatable bonds is 4. The second kappa shape index (κ2) is 6.47. The van der Waals surface area contributed by atoms with Crippen molar-refractivity contribution in [3.63, 3.8) is 0 Å². The van der Waals surface area contributed by atoms with Gasteiger partial charge in [-0.1, -0.05) is 12.1 Å². The zero-order valence-electron chi connectivity index (χ0n) is 11.5. The van der Waals surface area contributed by atoms with Gasteiger partial charge < -0.3 is 11.1 Å². The topological polar surface area (TPSA) is 89.3 Å². The second-order valence-corrected chi connectivity index (χ2v) is 5.23. The number of hydrogen-bond acceptors (Lipinski definition) is 3. The van der Waals surface area contributed by atoms with Gasteiger partial charge in [-0.15, -0.1) is 0 Å². The average Bonchev–Trinajstić information content (AvgIpc) is 2.44. The molecule has 0 spiro atoms. The molecular formula is C15H17FN2O3. The van der Waals surface area contributed by atoms with E-state index >= 15 is 0 Å². The molecule has 1 saturated carbocycles. The van der Waals surface area contributed by atoms with E-state index in [9.17, 15) is 18.8 Å². The minimum Gasteiger partial charge on any atom is -0.368 e. The van der Waals surface area contributed by atoms with E-state index in [1.54, 1.807) is 0 Å². The molecule has 3 N–H and O–H groups in total. The lowest BCUT2D eigenvalue weighted by Crippen LogP contribution is -2.50. The van der Waals surface area contributed by atoms with Gasteiger partial charge in [-0.25, -0.2) is 4.39 Å². The summed E-state index contributed by atoms with van der Waals surface area (Å²) in [6.45, 7) is 0. The molecule has 6 heteroatoms. The van der Waals surface area contributed by atoms with Gasteiger partial charge in [0.15, 0.2) is 0 Å². The summed E-state index contributed by atoms with van der Waals surface area (Å²) in [5, 5.41) is 2.46. The Morgan fingerprint density at radius 3 is 2.67 bits per heavy atom. The lowest BCUT2D eigenvalue weighted by molar-refractivity contribution is -0.124. The third-order valence-corrected chi connectivity index (χ3v) is 3.70. The van der Waals surface area contributed by atoms with E-state index in [4.69, 9.17) is 5.73 Å². The van der Waals surface area contributed by atoms with E-state index in [1.807, 2.05) is 0 Å². The molecule has 21 heavy (non-hydrogen) atoms. The van der Waals surface area contributed by atoms with Crippen molar-refractivity contribution in [2.24, 2.45) is 11.7 Å². The predicted molar refractivity (Wildman–Crippen MR) is 73.8 cm³/mol. The van der Waals surface area contributed by atoms with Crippen molar-refractivity contribution in [3.8, 4) is 0 Å². The number of benzene rings is 1. The molecule has 2 amide bonds. The molecule has 5 nitrogen and oxygen atoms in total. The van der Waals surface area contributed by atoms with Crippen molar-refractivity contribution >= 4 is 17.6 Å². The van der Waals surface area contributed by atoms with Crippen LogP contribution in [0.4, 0.5) is 4.39 Å². The van der Waals surface area contributed by atoms with Crippen LogP contribution in [0.1, 0.15) is 36.0 Å². The van der Waals surface area contributed by atoms with E-state index in [-0.39, 0.29) is 23.7 Å². The molecule has 0 saturated heterocycles. The number of carbonyl (C=O) groups is 3. The summed E-state index contributed by atoms with van der Waals surface area (Å²) < 4.78 is 13.6. The standard InChI is InChI=1S/C15H17FN2O3/c16-12-7-2-1-6-11(12)15(21)18-13(14(17)20)9-4-3-5-10(19)8-9/h1-2,6-7,9,13H,3-5,8H2,(H2,17,20)(H,18,21)/t9-,13+/m0/s1. The zero-order valence-corrected chi connectivity index (χ0v) is 11.5. The predicted octanol–water partition coefficient (Wildman–Crippen LogP) is 1.17.